The van der Waals surface area contributed by atoms with Crippen molar-refractivity contribution in [3.05, 3.63) is 40.0 Å². The Kier molecular flexibility index (Phi) is 3.16. The van der Waals surface area contributed by atoms with Crippen LogP contribution in [0.3, 0.4) is 0 Å². The van der Waals surface area contributed by atoms with E-state index in [0.717, 1.165) is 28.3 Å². The molecule has 2 rings (SSSR count). The van der Waals surface area contributed by atoms with E-state index < -0.39 is 0 Å². The number of carbonyl (C=O) groups is 1. The monoisotopic (exact) mass is 247 g/mol. The second-order valence-corrected chi connectivity index (χ2v) is 4.88. The lowest BCUT2D eigenvalue weighted by atomic mass is 9.94. The number of fused-ring (bicyclic) bond motifs is 1. The van der Waals surface area contributed by atoms with Crippen molar-refractivity contribution in [3.8, 4) is 0 Å². The van der Waals surface area contributed by atoms with Gasteiger partial charge in [-0.05, 0) is 30.0 Å². The lowest BCUT2D eigenvalue weighted by Crippen LogP contribution is -2.00. The van der Waals surface area contributed by atoms with Crippen LogP contribution in [0.2, 0.25) is 5.15 Å². The number of aryl methyl sites for hydroxylation is 1. The Morgan fingerprint density at radius 1 is 1.35 bits per heavy atom. The zero-order valence-electron chi connectivity index (χ0n) is 10.1. The minimum absolute atomic E-state index is 0.237. The Morgan fingerprint density at radius 3 is 2.65 bits per heavy atom. The van der Waals surface area contributed by atoms with Gasteiger partial charge in [0.25, 0.3) is 0 Å². The van der Waals surface area contributed by atoms with Crippen LogP contribution in [0, 0.1) is 6.92 Å². The molecule has 17 heavy (non-hydrogen) atoms. The Labute approximate surface area is 106 Å². The van der Waals surface area contributed by atoms with Gasteiger partial charge in [-0.15, -0.1) is 0 Å². The Morgan fingerprint density at radius 2 is 2.06 bits per heavy atom. The first-order valence-corrected chi connectivity index (χ1v) is 5.97. The quantitative estimate of drug-likeness (QED) is 0.590. The normalized spacial score (nSPS) is 11.1. The van der Waals surface area contributed by atoms with Gasteiger partial charge in [-0.2, -0.15) is 0 Å². The summed E-state index contributed by atoms with van der Waals surface area (Å²) >= 11 is 6.06. The number of aldehydes is 1. The molecule has 0 saturated carbocycles. The number of nitrogens with zero attached hydrogens (tertiary/aromatic N) is 1. The topological polar surface area (TPSA) is 30.0 Å². The number of carbonyl (C=O) groups excluding carboxylic acids is 1. The molecule has 2 nitrogen and oxygen atoms in total. The number of hydrogen-bond acceptors (Lipinski definition) is 2. The van der Waals surface area contributed by atoms with Gasteiger partial charge in [-0.25, -0.2) is 4.98 Å². The van der Waals surface area contributed by atoms with Crippen molar-refractivity contribution in [1.82, 2.24) is 4.98 Å². The Hall–Kier alpha value is -1.41. The summed E-state index contributed by atoms with van der Waals surface area (Å²) in [6, 6.07) is 6.02. The maximum atomic E-state index is 11.1. The van der Waals surface area contributed by atoms with Crippen molar-refractivity contribution >= 4 is 28.8 Å². The van der Waals surface area contributed by atoms with Crippen molar-refractivity contribution in [2.75, 3.05) is 0 Å². The van der Waals surface area contributed by atoms with Crippen molar-refractivity contribution in [1.29, 1.82) is 0 Å². The van der Waals surface area contributed by atoms with Crippen molar-refractivity contribution in [3.63, 3.8) is 0 Å². The summed E-state index contributed by atoms with van der Waals surface area (Å²) in [7, 11) is 0. The van der Waals surface area contributed by atoms with Gasteiger partial charge in [0.1, 0.15) is 5.15 Å². The van der Waals surface area contributed by atoms with Gasteiger partial charge in [0.15, 0.2) is 6.29 Å². The van der Waals surface area contributed by atoms with Crippen LogP contribution in [0.15, 0.2) is 18.2 Å². The number of rotatable bonds is 2. The molecule has 0 spiro atoms. The number of halogens is 1. The fourth-order valence-corrected chi connectivity index (χ4v) is 2.36. The predicted molar refractivity (Wildman–Crippen MR) is 71.0 cm³/mol. The van der Waals surface area contributed by atoms with Crippen LogP contribution in [0.25, 0.3) is 10.9 Å². The zero-order valence-corrected chi connectivity index (χ0v) is 10.9. The highest BCUT2D eigenvalue weighted by molar-refractivity contribution is 6.32. The second-order valence-electron chi connectivity index (χ2n) is 4.52. The molecule has 88 valence electrons. The van der Waals surface area contributed by atoms with Gasteiger partial charge in [0, 0.05) is 5.39 Å². The summed E-state index contributed by atoms with van der Waals surface area (Å²) < 4.78 is 0. The van der Waals surface area contributed by atoms with Crippen LogP contribution in [-0.2, 0) is 0 Å². The van der Waals surface area contributed by atoms with Gasteiger partial charge in [0.05, 0.1) is 11.1 Å². The predicted octanol–water partition coefficient (Wildman–Crippen LogP) is 4.13. The molecule has 0 atom stereocenters. The molecule has 2 aromatic rings. The molecule has 0 bridgehead atoms. The summed E-state index contributed by atoms with van der Waals surface area (Å²) in [6.45, 7) is 6.12. The van der Waals surface area contributed by atoms with E-state index in [9.17, 15) is 4.79 Å². The first-order chi connectivity index (χ1) is 8.04. The summed E-state index contributed by atoms with van der Waals surface area (Å²) in [4.78, 5) is 15.4. The zero-order chi connectivity index (χ0) is 12.6. The van der Waals surface area contributed by atoms with Gasteiger partial charge in [-0.1, -0.05) is 37.6 Å². The molecule has 0 saturated heterocycles. The Balaban J connectivity index is 2.92. The van der Waals surface area contributed by atoms with Crippen LogP contribution in [-0.4, -0.2) is 11.3 Å². The summed E-state index contributed by atoms with van der Waals surface area (Å²) in [6.07, 6.45) is 0.796. The minimum Gasteiger partial charge on any atom is -0.298 e. The molecule has 1 heterocycles. The van der Waals surface area contributed by atoms with Crippen LogP contribution >= 0.6 is 11.6 Å². The Bertz CT molecular complexity index is 590. The van der Waals surface area contributed by atoms with E-state index >= 15 is 0 Å². The fourth-order valence-electron chi connectivity index (χ4n) is 2.12. The van der Waals surface area contributed by atoms with Crippen LogP contribution in [0.4, 0.5) is 0 Å². The van der Waals surface area contributed by atoms with E-state index in [-0.39, 0.29) is 5.92 Å². The summed E-state index contributed by atoms with van der Waals surface area (Å²) in [5.41, 5.74) is 3.48. The fraction of sp³-hybridized carbons (Fsp3) is 0.286. The largest absolute Gasteiger partial charge is 0.298 e. The SMILES string of the molecule is Cc1ccc2c(C(C)C)c(C=O)c(Cl)nc2c1. The first-order valence-electron chi connectivity index (χ1n) is 5.59. The van der Waals surface area contributed by atoms with E-state index in [1.807, 2.05) is 25.1 Å². The summed E-state index contributed by atoms with van der Waals surface area (Å²) in [5, 5.41) is 1.30. The summed E-state index contributed by atoms with van der Waals surface area (Å²) in [5.74, 6) is 0.237. The van der Waals surface area contributed by atoms with Gasteiger partial charge < -0.3 is 0 Å². The smallest absolute Gasteiger partial charge is 0.153 e. The average molecular weight is 248 g/mol. The molecule has 0 radical (unpaired) electrons. The maximum Gasteiger partial charge on any atom is 0.153 e. The van der Waals surface area contributed by atoms with Gasteiger partial charge >= 0.3 is 0 Å². The molecule has 0 aliphatic carbocycles. The van der Waals surface area contributed by atoms with E-state index in [0.29, 0.717) is 10.7 Å². The minimum atomic E-state index is 0.237. The molecular formula is C14H14ClNO. The van der Waals surface area contributed by atoms with E-state index in [1.165, 1.54) is 0 Å². The number of hydrogen-bond donors (Lipinski definition) is 0. The molecule has 0 aliphatic rings. The lowest BCUT2D eigenvalue weighted by Gasteiger charge is -2.14. The van der Waals surface area contributed by atoms with E-state index in [1.54, 1.807) is 0 Å². The van der Waals surface area contributed by atoms with Crippen LogP contribution in [0.1, 0.15) is 41.3 Å². The highest BCUT2D eigenvalue weighted by Crippen LogP contribution is 2.31. The number of pyridine rings is 1. The van der Waals surface area contributed by atoms with Gasteiger partial charge in [0.2, 0.25) is 0 Å². The maximum absolute atomic E-state index is 11.1. The molecular weight excluding hydrogens is 234 g/mol. The van der Waals surface area contributed by atoms with Crippen molar-refractivity contribution < 1.29 is 4.79 Å². The highest BCUT2D eigenvalue weighted by Gasteiger charge is 2.15. The first kappa shape index (κ1) is 12.1. The molecule has 1 aromatic heterocycles. The third-order valence-electron chi connectivity index (χ3n) is 2.87. The molecule has 0 amide bonds. The van der Waals surface area contributed by atoms with Crippen molar-refractivity contribution in [2.45, 2.75) is 26.7 Å². The molecule has 0 aliphatic heterocycles. The third-order valence-corrected chi connectivity index (χ3v) is 3.16. The third kappa shape index (κ3) is 2.05. The standard InChI is InChI=1S/C14H14ClNO/c1-8(2)13-10-5-4-9(3)6-12(10)16-14(15)11(13)7-17/h4-8H,1-3H3. The van der Waals surface area contributed by atoms with E-state index in [4.69, 9.17) is 11.6 Å². The van der Waals surface area contributed by atoms with Crippen LogP contribution < -0.4 is 0 Å². The second kappa shape index (κ2) is 4.46. The molecule has 3 heteroatoms. The van der Waals surface area contributed by atoms with Crippen LogP contribution in [0.5, 0.6) is 0 Å². The highest BCUT2D eigenvalue weighted by atomic mass is 35.5. The molecule has 0 unspecified atom stereocenters. The average Bonchev–Trinajstić information content (AvgIpc) is 2.26. The number of aromatic nitrogens is 1. The molecule has 0 fully saturated rings. The molecule has 1 aromatic carbocycles. The molecule has 0 N–H and O–H groups in total. The van der Waals surface area contributed by atoms with Crippen molar-refractivity contribution in [2.24, 2.45) is 0 Å². The lowest BCUT2D eigenvalue weighted by molar-refractivity contribution is 0.112. The van der Waals surface area contributed by atoms with E-state index in [2.05, 4.69) is 18.8 Å². The van der Waals surface area contributed by atoms with Gasteiger partial charge in [-0.3, -0.25) is 4.79 Å². The number of benzene rings is 1.